The summed E-state index contributed by atoms with van der Waals surface area (Å²) in [6.45, 7) is 0.740. The lowest BCUT2D eigenvalue weighted by Gasteiger charge is -2.26. The molecule has 0 atom stereocenters. The number of hydrogen-bond donors (Lipinski definition) is 2. The highest BCUT2D eigenvalue weighted by Crippen LogP contribution is 2.35. The van der Waals surface area contributed by atoms with E-state index in [-0.39, 0.29) is 0 Å². The molecule has 0 spiro atoms. The minimum absolute atomic E-state index is 0.740. The molecule has 0 bridgehead atoms. The molecule has 0 unspecified atom stereocenters. The van der Waals surface area contributed by atoms with Crippen LogP contribution in [-0.2, 0) is 6.54 Å². The van der Waals surface area contributed by atoms with Gasteiger partial charge in [-0.2, -0.15) is 0 Å². The Labute approximate surface area is 156 Å². The van der Waals surface area contributed by atoms with Crippen molar-refractivity contribution in [3.05, 3.63) is 78.4 Å². The zero-order valence-electron chi connectivity index (χ0n) is 14.5. The lowest BCUT2D eigenvalue weighted by atomic mass is 10.1. The van der Waals surface area contributed by atoms with Crippen molar-refractivity contribution in [2.45, 2.75) is 6.54 Å². The van der Waals surface area contributed by atoms with Crippen molar-refractivity contribution < 1.29 is 0 Å². The van der Waals surface area contributed by atoms with E-state index in [0.717, 1.165) is 34.3 Å². The molecule has 4 rings (SSSR count). The van der Waals surface area contributed by atoms with Crippen LogP contribution in [0.2, 0.25) is 0 Å². The van der Waals surface area contributed by atoms with Crippen LogP contribution in [0.25, 0.3) is 10.2 Å². The first-order valence-corrected chi connectivity index (χ1v) is 9.30. The van der Waals surface area contributed by atoms with Crippen molar-refractivity contribution >= 4 is 43.7 Å². The van der Waals surface area contributed by atoms with E-state index in [1.165, 1.54) is 10.3 Å². The van der Waals surface area contributed by atoms with Gasteiger partial charge in [-0.15, -0.1) is 0 Å². The quantitative estimate of drug-likeness (QED) is 0.477. The maximum absolute atomic E-state index is 6.29. The summed E-state index contributed by atoms with van der Waals surface area (Å²) in [6, 6.07) is 24.8. The molecule has 0 aliphatic heterocycles. The molecule has 3 aromatic carbocycles. The molecule has 0 fully saturated rings. The molecule has 1 aromatic heterocycles. The van der Waals surface area contributed by atoms with E-state index in [1.807, 2.05) is 31.3 Å². The minimum Gasteiger partial charge on any atom is -0.397 e. The van der Waals surface area contributed by atoms with Crippen LogP contribution in [-0.4, -0.2) is 12.0 Å². The third-order valence-corrected chi connectivity index (χ3v) is 5.36. The monoisotopic (exact) mass is 360 g/mol. The summed E-state index contributed by atoms with van der Waals surface area (Å²) in [7, 11) is 1.89. The predicted octanol–water partition coefficient (Wildman–Crippen LogP) is 5.26. The fourth-order valence-electron chi connectivity index (χ4n) is 3.01. The average molecular weight is 360 g/mol. The highest BCUT2D eigenvalue weighted by atomic mass is 32.1. The summed E-state index contributed by atoms with van der Waals surface area (Å²) < 4.78 is 1.17. The number of aromatic nitrogens is 1. The largest absolute Gasteiger partial charge is 0.397 e. The maximum Gasteiger partial charge on any atom is 0.183 e. The number of nitrogens with two attached hydrogens (primary N) is 1. The summed E-state index contributed by atoms with van der Waals surface area (Å²) in [5.74, 6) is 0. The molecule has 130 valence electrons. The Morgan fingerprint density at radius 3 is 2.54 bits per heavy atom. The van der Waals surface area contributed by atoms with Crippen LogP contribution in [0.3, 0.4) is 0 Å². The molecular weight excluding hydrogens is 340 g/mol. The van der Waals surface area contributed by atoms with Gasteiger partial charge in [-0.1, -0.05) is 53.8 Å². The molecule has 4 nitrogen and oxygen atoms in total. The van der Waals surface area contributed by atoms with Crippen LogP contribution in [0.5, 0.6) is 0 Å². The van der Waals surface area contributed by atoms with Crippen LogP contribution in [0.1, 0.15) is 5.56 Å². The molecule has 5 heteroatoms. The smallest absolute Gasteiger partial charge is 0.183 e. The van der Waals surface area contributed by atoms with Gasteiger partial charge in [0.1, 0.15) is 0 Å². The first-order valence-electron chi connectivity index (χ1n) is 8.49. The lowest BCUT2D eigenvalue weighted by Crippen LogP contribution is -2.17. The zero-order chi connectivity index (χ0) is 17.9. The molecule has 0 aliphatic carbocycles. The van der Waals surface area contributed by atoms with Gasteiger partial charge in [-0.25, -0.2) is 4.98 Å². The first kappa shape index (κ1) is 16.4. The lowest BCUT2D eigenvalue weighted by molar-refractivity contribution is 0.978. The summed E-state index contributed by atoms with van der Waals surface area (Å²) in [5.41, 5.74) is 11.3. The highest BCUT2D eigenvalue weighted by Gasteiger charge is 2.14. The van der Waals surface area contributed by atoms with Gasteiger partial charge in [0.05, 0.1) is 21.6 Å². The van der Waals surface area contributed by atoms with Gasteiger partial charge in [-0.3, -0.25) is 0 Å². The van der Waals surface area contributed by atoms with Crippen molar-refractivity contribution in [1.29, 1.82) is 0 Å². The third-order valence-electron chi connectivity index (χ3n) is 4.31. The van der Waals surface area contributed by atoms with E-state index in [0.29, 0.717) is 0 Å². The molecule has 0 aliphatic rings. The fraction of sp³-hybridized carbons (Fsp3) is 0.0952. The van der Waals surface area contributed by atoms with Crippen molar-refractivity contribution in [3.63, 3.8) is 0 Å². The Hall–Kier alpha value is -3.05. The minimum atomic E-state index is 0.740. The van der Waals surface area contributed by atoms with Gasteiger partial charge in [0.25, 0.3) is 0 Å². The molecule has 4 aromatic rings. The van der Waals surface area contributed by atoms with Crippen molar-refractivity contribution in [3.8, 4) is 0 Å². The summed E-state index contributed by atoms with van der Waals surface area (Å²) in [4.78, 5) is 6.89. The van der Waals surface area contributed by atoms with E-state index in [2.05, 4.69) is 63.7 Å². The van der Waals surface area contributed by atoms with E-state index in [4.69, 9.17) is 5.73 Å². The number of fused-ring (bicyclic) bond motifs is 1. The van der Waals surface area contributed by atoms with Gasteiger partial charge >= 0.3 is 0 Å². The highest BCUT2D eigenvalue weighted by molar-refractivity contribution is 7.22. The number of nitrogen functional groups attached to an aromatic ring is 1. The van der Waals surface area contributed by atoms with Crippen LogP contribution in [0.4, 0.5) is 22.2 Å². The third kappa shape index (κ3) is 3.21. The number of anilines is 4. The van der Waals surface area contributed by atoms with Crippen LogP contribution < -0.4 is 16.0 Å². The van der Waals surface area contributed by atoms with E-state index in [1.54, 1.807) is 11.3 Å². The Morgan fingerprint density at radius 1 is 1.00 bits per heavy atom. The zero-order valence-corrected chi connectivity index (χ0v) is 15.3. The molecule has 0 saturated carbocycles. The van der Waals surface area contributed by atoms with E-state index in [9.17, 15) is 0 Å². The fourth-order valence-corrected chi connectivity index (χ4v) is 3.81. The summed E-state index contributed by atoms with van der Waals surface area (Å²) in [6.07, 6.45) is 0. The second-order valence-electron chi connectivity index (χ2n) is 6.05. The maximum atomic E-state index is 6.29. The summed E-state index contributed by atoms with van der Waals surface area (Å²) >= 11 is 1.66. The van der Waals surface area contributed by atoms with Gasteiger partial charge in [0.2, 0.25) is 0 Å². The number of nitrogens with zero attached hydrogens (tertiary/aromatic N) is 2. The Morgan fingerprint density at radius 2 is 1.77 bits per heavy atom. The van der Waals surface area contributed by atoms with E-state index >= 15 is 0 Å². The summed E-state index contributed by atoms with van der Waals surface area (Å²) in [5, 5.41) is 4.04. The number of benzene rings is 3. The number of thiazole rings is 1. The Bertz CT molecular complexity index is 1030. The first-order chi connectivity index (χ1) is 12.7. The number of hydrogen-bond acceptors (Lipinski definition) is 5. The normalized spacial score (nSPS) is 10.8. The topological polar surface area (TPSA) is 54.2 Å². The number of para-hydroxylation sites is 2. The molecule has 1 heterocycles. The van der Waals surface area contributed by atoms with Gasteiger partial charge in [0.15, 0.2) is 5.13 Å². The number of nitrogens with one attached hydrogen (secondary N) is 1. The van der Waals surface area contributed by atoms with Crippen molar-refractivity contribution in [2.75, 3.05) is 23.0 Å². The molecule has 0 radical (unpaired) electrons. The standard InChI is InChI=1S/C21H20N4S/c1-23-21-24-18-13-16(11-12-20(18)26-21)25(14-15-7-3-2-4-8-15)19-10-6-5-9-17(19)22/h2-13H,14,22H2,1H3,(H,23,24). The van der Waals surface area contributed by atoms with Crippen molar-refractivity contribution in [1.82, 2.24) is 4.98 Å². The average Bonchev–Trinajstić information content (AvgIpc) is 3.10. The molecule has 26 heavy (non-hydrogen) atoms. The van der Waals surface area contributed by atoms with Crippen molar-refractivity contribution in [2.24, 2.45) is 0 Å². The van der Waals surface area contributed by atoms with Gasteiger partial charge in [0, 0.05) is 19.3 Å². The predicted molar refractivity (Wildman–Crippen MR) is 112 cm³/mol. The Balaban J connectivity index is 1.80. The second-order valence-corrected chi connectivity index (χ2v) is 7.08. The molecule has 0 amide bonds. The van der Waals surface area contributed by atoms with Crippen LogP contribution in [0.15, 0.2) is 72.8 Å². The van der Waals surface area contributed by atoms with E-state index < -0.39 is 0 Å². The van der Waals surface area contributed by atoms with Crippen LogP contribution >= 0.6 is 11.3 Å². The van der Waals surface area contributed by atoms with Crippen LogP contribution in [0, 0.1) is 0 Å². The molecule has 3 N–H and O–H groups in total. The second kappa shape index (κ2) is 7.06. The van der Waals surface area contributed by atoms with Gasteiger partial charge < -0.3 is 16.0 Å². The SMILES string of the molecule is CNc1nc2cc(N(Cc3ccccc3)c3ccccc3N)ccc2s1. The number of rotatable bonds is 5. The Kier molecular flexibility index (Phi) is 4.46. The molecular formula is C21H20N4S. The van der Waals surface area contributed by atoms with Gasteiger partial charge in [-0.05, 0) is 35.9 Å². The molecule has 0 saturated heterocycles.